The summed E-state index contributed by atoms with van der Waals surface area (Å²) in [5.74, 6) is -0.362. The van der Waals surface area contributed by atoms with Crippen molar-refractivity contribution in [3.05, 3.63) is 24.3 Å². The van der Waals surface area contributed by atoms with E-state index in [1.807, 2.05) is 29.2 Å². The predicted octanol–water partition coefficient (Wildman–Crippen LogP) is 1.92. The fourth-order valence-electron chi connectivity index (χ4n) is 2.59. The molecule has 2 heterocycles. The number of oxazole rings is 1. The maximum Gasteiger partial charge on any atom is 0.298 e. The first-order chi connectivity index (χ1) is 9.15. The van der Waals surface area contributed by atoms with Gasteiger partial charge in [0.05, 0.1) is 5.92 Å². The molecule has 100 valence electrons. The van der Waals surface area contributed by atoms with Crippen molar-refractivity contribution < 1.29 is 9.21 Å². The van der Waals surface area contributed by atoms with Gasteiger partial charge in [-0.15, -0.1) is 0 Å². The molecular formula is C14H17N3O2. The SMILES string of the molecule is C[C@H]1CC[C@H](C(N)=O)CN1c1nc2ccccc2o1. The van der Waals surface area contributed by atoms with Gasteiger partial charge in [0.1, 0.15) is 5.52 Å². The van der Waals surface area contributed by atoms with Gasteiger partial charge in [-0.05, 0) is 31.9 Å². The number of nitrogens with zero attached hydrogens (tertiary/aromatic N) is 2. The van der Waals surface area contributed by atoms with E-state index < -0.39 is 0 Å². The molecule has 0 radical (unpaired) electrons. The van der Waals surface area contributed by atoms with Gasteiger partial charge in [0.15, 0.2) is 5.58 Å². The molecule has 2 aromatic rings. The number of fused-ring (bicyclic) bond motifs is 1. The fourth-order valence-corrected chi connectivity index (χ4v) is 2.59. The molecule has 1 fully saturated rings. The Morgan fingerprint density at radius 3 is 2.95 bits per heavy atom. The van der Waals surface area contributed by atoms with Gasteiger partial charge in [-0.25, -0.2) is 0 Å². The number of benzene rings is 1. The van der Waals surface area contributed by atoms with E-state index in [2.05, 4.69) is 11.9 Å². The summed E-state index contributed by atoms with van der Waals surface area (Å²) >= 11 is 0. The summed E-state index contributed by atoms with van der Waals surface area (Å²) in [6.45, 7) is 2.70. The molecule has 1 aromatic carbocycles. The molecule has 0 aliphatic carbocycles. The lowest BCUT2D eigenvalue weighted by molar-refractivity contribution is -0.122. The Morgan fingerprint density at radius 2 is 2.21 bits per heavy atom. The predicted molar refractivity (Wildman–Crippen MR) is 72.7 cm³/mol. The van der Waals surface area contributed by atoms with Crippen LogP contribution in [0.2, 0.25) is 0 Å². The summed E-state index contributed by atoms with van der Waals surface area (Å²) in [6, 6.07) is 8.56. The number of carbonyl (C=O) groups excluding carboxylic acids is 1. The van der Waals surface area contributed by atoms with E-state index in [1.54, 1.807) is 0 Å². The molecular weight excluding hydrogens is 242 g/mol. The van der Waals surface area contributed by atoms with Crippen LogP contribution in [0.15, 0.2) is 28.7 Å². The number of primary amides is 1. The van der Waals surface area contributed by atoms with Crippen molar-refractivity contribution in [3.8, 4) is 0 Å². The van der Waals surface area contributed by atoms with Crippen LogP contribution >= 0.6 is 0 Å². The third-order valence-corrected chi connectivity index (χ3v) is 3.81. The number of nitrogens with two attached hydrogens (primary N) is 1. The molecule has 1 amide bonds. The van der Waals surface area contributed by atoms with E-state index >= 15 is 0 Å². The van der Waals surface area contributed by atoms with Crippen LogP contribution < -0.4 is 10.6 Å². The third kappa shape index (κ3) is 2.16. The van der Waals surface area contributed by atoms with Crippen molar-refractivity contribution >= 4 is 23.0 Å². The van der Waals surface area contributed by atoms with Crippen LogP contribution in [-0.4, -0.2) is 23.5 Å². The highest BCUT2D eigenvalue weighted by Crippen LogP contribution is 2.29. The first-order valence-electron chi connectivity index (χ1n) is 6.56. The normalized spacial score (nSPS) is 23.7. The number of hydrogen-bond donors (Lipinski definition) is 1. The number of aromatic nitrogens is 1. The molecule has 1 aromatic heterocycles. The van der Waals surface area contributed by atoms with E-state index in [4.69, 9.17) is 10.2 Å². The van der Waals surface area contributed by atoms with Gasteiger partial charge in [0, 0.05) is 12.6 Å². The van der Waals surface area contributed by atoms with Crippen molar-refractivity contribution in [2.24, 2.45) is 11.7 Å². The summed E-state index contributed by atoms with van der Waals surface area (Å²) in [5.41, 5.74) is 7.02. The van der Waals surface area contributed by atoms with Crippen LogP contribution in [0, 0.1) is 5.92 Å². The van der Waals surface area contributed by atoms with Crippen molar-refractivity contribution in [1.29, 1.82) is 0 Å². The average molecular weight is 259 g/mol. The van der Waals surface area contributed by atoms with E-state index in [0.717, 1.165) is 23.9 Å². The van der Waals surface area contributed by atoms with Gasteiger partial charge in [0.25, 0.3) is 6.01 Å². The van der Waals surface area contributed by atoms with Crippen LogP contribution in [-0.2, 0) is 4.79 Å². The maximum absolute atomic E-state index is 11.4. The number of carbonyl (C=O) groups is 1. The van der Waals surface area contributed by atoms with Gasteiger partial charge < -0.3 is 15.1 Å². The smallest absolute Gasteiger partial charge is 0.298 e. The zero-order valence-electron chi connectivity index (χ0n) is 10.9. The minimum Gasteiger partial charge on any atom is -0.423 e. The van der Waals surface area contributed by atoms with Crippen molar-refractivity contribution in [2.45, 2.75) is 25.8 Å². The lowest BCUT2D eigenvalue weighted by atomic mass is 9.93. The molecule has 1 aliphatic heterocycles. The summed E-state index contributed by atoms with van der Waals surface area (Å²) in [7, 11) is 0. The maximum atomic E-state index is 11.4. The molecule has 0 unspecified atom stereocenters. The van der Waals surface area contributed by atoms with Crippen LogP contribution in [0.5, 0.6) is 0 Å². The second-order valence-corrected chi connectivity index (χ2v) is 5.14. The van der Waals surface area contributed by atoms with E-state index in [1.165, 1.54) is 0 Å². The Bertz CT molecular complexity index is 575. The molecule has 2 N–H and O–H groups in total. The minimum atomic E-state index is -0.243. The Balaban J connectivity index is 1.92. The molecule has 19 heavy (non-hydrogen) atoms. The molecule has 0 bridgehead atoms. The summed E-state index contributed by atoms with van der Waals surface area (Å²) < 4.78 is 5.77. The molecule has 0 saturated carbocycles. The number of amides is 1. The molecule has 3 rings (SSSR count). The fraction of sp³-hybridized carbons (Fsp3) is 0.429. The lowest BCUT2D eigenvalue weighted by Crippen LogP contribution is -2.46. The van der Waals surface area contributed by atoms with Crippen LogP contribution in [0.4, 0.5) is 6.01 Å². The third-order valence-electron chi connectivity index (χ3n) is 3.81. The monoisotopic (exact) mass is 259 g/mol. The van der Waals surface area contributed by atoms with E-state index in [-0.39, 0.29) is 11.8 Å². The Morgan fingerprint density at radius 1 is 1.42 bits per heavy atom. The summed E-state index contributed by atoms with van der Waals surface area (Å²) in [5, 5.41) is 0. The van der Waals surface area contributed by atoms with E-state index in [9.17, 15) is 4.79 Å². The largest absolute Gasteiger partial charge is 0.423 e. The highest BCUT2D eigenvalue weighted by atomic mass is 16.4. The number of para-hydroxylation sites is 2. The van der Waals surface area contributed by atoms with Crippen LogP contribution in [0.3, 0.4) is 0 Å². The van der Waals surface area contributed by atoms with E-state index in [0.29, 0.717) is 18.6 Å². The average Bonchev–Trinajstić information content (AvgIpc) is 2.82. The summed E-state index contributed by atoms with van der Waals surface area (Å²) in [6.07, 6.45) is 1.76. The van der Waals surface area contributed by atoms with Crippen molar-refractivity contribution in [3.63, 3.8) is 0 Å². The highest BCUT2D eigenvalue weighted by molar-refractivity contribution is 5.78. The molecule has 2 atom stereocenters. The minimum absolute atomic E-state index is 0.119. The molecule has 5 nitrogen and oxygen atoms in total. The molecule has 0 spiro atoms. The highest BCUT2D eigenvalue weighted by Gasteiger charge is 2.31. The van der Waals surface area contributed by atoms with Gasteiger partial charge >= 0.3 is 0 Å². The molecule has 1 aliphatic rings. The first-order valence-corrected chi connectivity index (χ1v) is 6.56. The van der Waals surface area contributed by atoms with Gasteiger partial charge in [-0.3, -0.25) is 4.79 Å². The number of hydrogen-bond acceptors (Lipinski definition) is 4. The van der Waals surface area contributed by atoms with Gasteiger partial charge in [-0.1, -0.05) is 12.1 Å². The lowest BCUT2D eigenvalue weighted by Gasteiger charge is -2.35. The Labute approximate surface area is 111 Å². The van der Waals surface area contributed by atoms with Crippen LogP contribution in [0.1, 0.15) is 19.8 Å². The molecule has 5 heteroatoms. The first kappa shape index (κ1) is 12.0. The second kappa shape index (κ2) is 4.57. The van der Waals surface area contributed by atoms with Gasteiger partial charge in [0.2, 0.25) is 5.91 Å². The molecule has 1 saturated heterocycles. The second-order valence-electron chi connectivity index (χ2n) is 5.14. The Kier molecular flexibility index (Phi) is 2.89. The zero-order valence-corrected chi connectivity index (χ0v) is 10.9. The number of piperidine rings is 1. The number of anilines is 1. The number of rotatable bonds is 2. The van der Waals surface area contributed by atoms with Crippen molar-refractivity contribution in [1.82, 2.24) is 4.98 Å². The van der Waals surface area contributed by atoms with Gasteiger partial charge in [-0.2, -0.15) is 4.98 Å². The quantitative estimate of drug-likeness (QED) is 0.894. The van der Waals surface area contributed by atoms with Crippen molar-refractivity contribution in [2.75, 3.05) is 11.4 Å². The zero-order chi connectivity index (χ0) is 13.4. The topological polar surface area (TPSA) is 72.4 Å². The standard InChI is InChI=1S/C14H17N3O2/c1-9-6-7-10(13(15)18)8-17(9)14-16-11-4-2-3-5-12(11)19-14/h2-5,9-10H,6-8H2,1H3,(H2,15,18)/t9-,10-/m0/s1. The summed E-state index contributed by atoms with van der Waals surface area (Å²) in [4.78, 5) is 17.9. The van der Waals surface area contributed by atoms with Crippen LogP contribution in [0.25, 0.3) is 11.1 Å². The Hall–Kier alpha value is -2.04.